The van der Waals surface area contributed by atoms with Crippen LogP contribution in [-0.2, 0) is 17.8 Å². The number of piperidine rings is 1. The van der Waals surface area contributed by atoms with Gasteiger partial charge in [0, 0.05) is 42.5 Å². The first-order valence-electron chi connectivity index (χ1n) is 8.74. The highest BCUT2D eigenvalue weighted by Crippen LogP contribution is 2.25. The van der Waals surface area contributed by atoms with E-state index in [1.165, 1.54) is 24.6 Å². The molecule has 1 fully saturated rings. The lowest BCUT2D eigenvalue weighted by Crippen LogP contribution is -2.35. The van der Waals surface area contributed by atoms with E-state index in [1.807, 2.05) is 20.0 Å². The lowest BCUT2D eigenvalue weighted by atomic mass is 9.93. The topological polar surface area (TPSA) is 71.0 Å². The summed E-state index contributed by atoms with van der Waals surface area (Å²) in [4.78, 5) is 28.0. The maximum Gasteiger partial charge on any atom is 0.223 e. The summed E-state index contributed by atoms with van der Waals surface area (Å²) in [6, 6.07) is 2.11. The number of carbonyl (C=O) groups excluding carboxylic acids is 1. The molecule has 0 aliphatic carbocycles. The Balaban J connectivity index is 1.57. The van der Waals surface area contributed by atoms with E-state index in [9.17, 15) is 4.79 Å². The SMILES string of the molecule is CC(=O)Nc1ncc(CN2CCCC(Cc3cc(C)nc(C)n3)C2)s1. The van der Waals surface area contributed by atoms with E-state index in [0.717, 1.165) is 43.3 Å². The fraction of sp³-hybridized carbons (Fsp3) is 0.556. The lowest BCUT2D eigenvalue weighted by Gasteiger charge is -2.32. The first kappa shape index (κ1) is 17.9. The minimum Gasteiger partial charge on any atom is -0.302 e. The molecule has 1 aliphatic rings. The van der Waals surface area contributed by atoms with Gasteiger partial charge in [0.1, 0.15) is 5.82 Å². The molecule has 0 aromatic carbocycles. The zero-order valence-corrected chi connectivity index (χ0v) is 15.9. The molecule has 2 aromatic heterocycles. The second-order valence-corrected chi connectivity index (χ2v) is 7.92. The van der Waals surface area contributed by atoms with Crippen molar-refractivity contribution in [1.29, 1.82) is 0 Å². The number of nitrogens with zero attached hydrogens (tertiary/aromatic N) is 4. The summed E-state index contributed by atoms with van der Waals surface area (Å²) in [5, 5.41) is 3.43. The second-order valence-electron chi connectivity index (χ2n) is 6.81. The van der Waals surface area contributed by atoms with Gasteiger partial charge in [-0.15, -0.1) is 11.3 Å². The number of nitrogens with one attached hydrogen (secondary N) is 1. The van der Waals surface area contributed by atoms with E-state index in [2.05, 4.69) is 31.2 Å². The highest BCUT2D eigenvalue weighted by Gasteiger charge is 2.21. The van der Waals surface area contributed by atoms with Crippen molar-refractivity contribution in [3.8, 4) is 0 Å². The fourth-order valence-corrected chi connectivity index (χ4v) is 4.37. The Morgan fingerprint density at radius 1 is 1.40 bits per heavy atom. The molecule has 6 nitrogen and oxygen atoms in total. The average molecular weight is 359 g/mol. The van der Waals surface area contributed by atoms with Crippen LogP contribution in [-0.4, -0.2) is 38.8 Å². The van der Waals surface area contributed by atoms with Crippen LogP contribution in [0.1, 0.15) is 41.9 Å². The molecule has 0 spiro atoms. The molecule has 0 radical (unpaired) electrons. The predicted molar refractivity (Wildman–Crippen MR) is 99.6 cm³/mol. The summed E-state index contributed by atoms with van der Waals surface area (Å²) in [7, 11) is 0. The van der Waals surface area contributed by atoms with E-state index in [-0.39, 0.29) is 5.91 Å². The summed E-state index contributed by atoms with van der Waals surface area (Å²) < 4.78 is 0. The summed E-state index contributed by atoms with van der Waals surface area (Å²) in [5.41, 5.74) is 2.20. The largest absolute Gasteiger partial charge is 0.302 e. The van der Waals surface area contributed by atoms with Crippen molar-refractivity contribution >= 4 is 22.4 Å². The van der Waals surface area contributed by atoms with E-state index >= 15 is 0 Å². The van der Waals surface area contributed by atoms with Crippen molar-refractivity contribution in [3.63, 3.8) is 0 Å². The minimum atomic E-state index is -0.0747. The molecule has 3 rings (SSSR count). The van der Waals surface area contributed by atoms with Gasteiger partial charge in [-0.3, -0.25) is 9.69 Å². The van der Waals surface area contributed by atoms with Crippen molar-refractivity contribution in [3.05, 3.63) is 34.4 Å². The van der Waals surface area contributed by atoms with Gasteiger partial charge in [0.2, 0.25) is 5.91 Å². The van der Waals surface area contributed by atoms with Gasteiger partial charge in [-0.05, 0) is 51.6 Å². The first-order chi connectivity index (χ1) is 12.0. The zero-order valence-electron chi connectivity index (χ0n) is 15.1. The van der Waals surface area contributed by atoms with Crippen LogP contribution >= 0.6 is 11.3 Å². The number of amides is 1. The fourth-order valence-electron chi connectivity index (χ4n) is 3.46. The molecule has 1 aliphatic heterocycles. The lowest BCUT2D eigenvalue weighted by molar-refractivity contribution is -0.114. The Labute approximate surface area is 152 Å². The third-order valence-electron chi connectivity index (χ3n) is 4.34. The Morgan fingerprint density at radius 3 is 3.00 bits per heavy atom. The van der Waals surface area contributed by atoms with Gasteiger partial charge in [-0.25, -0.2) is 15.0 Å². The Kier molecular flexibility index (Phi) is 5.75. The Morgan fingerprint density at radius 2 is 2.24 bits per heavy atom. The molecule has 25 heavy (non-hydrogen) atoms. The van der Waals surface area contributed by atoms with Crippen LogP contribution in [0.2, 0.25) is 0 Å². The van der Waals surface area contributed by atoms with Crippen LogP contribution < -0.4 is 5.32 Å². The summed E-state index contributed by atoms with van der Waals surface area (Å²) >= 11 is 1.56. The monoisotopic (exact) mass is 359 g/mol. The molecule has 1 atom stereocenters. The highest BCUT2D eigenvalue weighted by molar-refractivity contribution is 7.15. The molecule has 1 unspecified atom stereocenters. The van der Waals surface area contributed by atoms with Crippen LogP contribution in [0.4, 0.5) is 5.13 Å². The van der Waals surface area contributed by atoms with E-state index in [0.29, 0.717) is 11.0 Å². The van der Waals surface area contributed by atoms with Gasteiger partial charge in [0.15, 0.2) is 5.13 Å². The molecule has 2 aromatic rings. The molecular formula is C18H25N5OS. The molecule has 3 heterocycles. The van der Waals surface area contributed by atoms with Crippen LogP contribution in [0.3, 0.4) is 0 Å². The molecule has 1 amide bonds. The smallest absolute Gasteiger partial charge is 0.223 e. The first-order valence-corrected chi connectivity index (χ1v) is 9.55. The van der Waals surface area contributed by atoms with Crippen molar-refractivity contribution in [2.45, 2.75) is 46.6 Å². The number of aryl methyl sites for hydroxylation is 2. The summed E-state index contributed by atoms with van der Waals surface area (Å²) in [6.45, 7) is 8.59. The van der Waals surface area contributed by atoms with Gasteiger partial charge in [-0.2, -0.15) is 0 Å². The molecule has 0 saturated carbocycles. The summed E-state index contributed by atoms with van der Waals surface area (Å²) in [6.07, 6.45) is 5.35. The predicted octanol–water partition coefficient (Wildman–Crippen LogP) is 2.96. The third-order valence-corrected chi connectivity index (χ3v) is 5.23. The number of hydrogen-bond donors (Lipinski definition) is 1. The molecule has 1 N–H and O–H groups in total. The molecular weight excluding hydrogens is 334 g/mol. The average Bonchev–Trinajstić information content (AvgIpc) is 2.92. The van der Waals surface area contributed by atoms with Crippen molar-refractivity contribution in [1.82, 2.24) is 19.9 Å². The third kappa shape index (κ3) is 5.31. The Hall–Kier alpha value is -1.86. The number of carbonyl (C=O) groups is 1. The number of thiazole rings is 1. The maximum atomic E-state index is 11.1. The van der Waals surface area contributed by atoms with Crippen LogP contribution in [0.15, 0.2) is 12.3 Å². The maximum absolute atomic E-state index is 11.1. The van der Waals surface area contributed by atoms with Gasteiger partial charge >= 0.3 is 0 Å². The van der Waals surface area contributed by atoms with E-state index < -0.39 is 0 Å². The van der Waals surface area contributed by atoms with Gasteiger partial charge in [0.25, 0.3) is 0 Å². The van der Waals surface area contributed by atoms with Gasteiger partial charge < -0.3 is 5.32 Å². The van der Waals surface area contributed by atoms with E-state index in [1.54, 1.807) is 11.3 Å². The highest BCUT2D eigenvalue weighted by atomic mass is 32.1. The number of rotatable bonds is 5. The molecule has 1 saturated heterocycles. The van der Waals surface area contributed by atoms with Crippen LogP contribution in [0.5, 0.6) is 0 Å². The molecule has 134 valence electrons. The van der Waals surface area contributed by atoms with Crippen molar-refractivity contribution < 1.29 is 4.79 Å². The number of aromatic nitrogens is 3. The van der Waals surface area contributed by atoms with Crippen LogP contribution in [0, 0.1) is 19.8 Å². The van der Waals surface area contributed by atoms with Gasteiger partial charge in [-0.1, -0.05) is 0 Å². The normalized spacial score (nSPS) is 18.3. The number of hydrogen-bond acceptors (Lipinski definition) is 6. The van der Waals surface area contributed by atoms with Gasteiger partial charge in [0.05, 0.1) is 0 Å². The minimum absolute atomic E-state index is 0.0747. The zero-order chi connectivity index (χ0) is 17.8. The quantitative estimate of drug-likeness (QED) is 0.889. The van der Waals surface area contributed by atoms with Crippen molar-refractivity contribution in [2.75, 3.05) is 18.4 Å². The van der Waals surface area contributed by atoms with Crippen molar-refractivity contribution in [2.24, 2.45) is 5.92 Å². The summed E-state index contributed by atoms with van der Waals surface area (Å²) in [5.74, 6) is 1.41. The Bertz CT molecular complexity index is 725. The molecule has 0 bridgehead atoms. The number of anilines is 1. The second kappa shape index (κ2) is 8.01. The van der Waals surface area contributed by atoms with Crippen LogP contribution in [0.25, 0.3) is 0 Å². The standard InChI is InChI=1S/C18H25N5OS/c1-12-7-16(21-13(2)20-12)8-15-5-4-6-23(10-15)11-17-9-19-18(25-17)22-14(3)24/h7,9,15H,4-6,8,10-11H2,1-3H3,(H,19,22,24). The van der Waals surface area contributed by atoms with E-state index in [4.69, 9.17) is 0 Å². The number of likely N-dealkylation sites (tertiary alicyclic amines) is 1. The molecule has 7 heteroatoms.